The first kappa shape index (κ1) is 15.8. The van der Waals surface area contributed by atoms with Crippen molar-refractivity contribution in [1.29, 1.82) is 0 Å². The first-order valence-electron chi connectivity index (χ1n) is 8.33. The molecule has 1 aromatic carbocycles. The number of fused-ring (bicyclic) bond motifs is 2. The second kappa shape index (κ2) is 7.02. The van der Waals surface area contributed by atoms with Crippen LogP contribution in [0.2, 0.25) is 5.02 Å². The minimum Gasteiger partial charge on any atom is -0.314 e. The number of hydrogen-bond donors (Lipinski definition) is 1. The van der Waals surface area contributed by atoms with E-state index < -0.39 is 0 Å². The van der Waals surface area contributed by atoms with E-state index in [1.165, 1.54) is 37.7 Å². The molecular weight excluding hydrogens is 346 g/mol. The van der Waals surface area contributed by atoms with E-state index in [1.54, 1.807) is 0 Å². The van der Waals surface area contributed by atoms with Crippen molar-refractivity contribution in [1.82, 2.24) is 5.32 Å². The Bertz CT molecular complexity index is 490. The monoisotopic (exact) mass is 369 g/mol. The van der Waals surface area contributed by atoms with Gasteiger partial charge < -0.3 is 5.32 Å². The molecule has 1 N–H and O–H groups in total. The van der Waals surface area contributed by atoms with Crippen LogP contribution in [-0.2, 0) is 6.42 Å². The summed E-state index contributed by atoms with van der Waals surface area (Å²) in [6.45, 7) is 3.25. The van der Waals surface area contributed by atoms with E-state index in [1.807, 2.05) is 6.07 Å². The molecule has 3 heteroatoms. The van der Waals surface area contributed by atoms with Crippen LogP contribution >= 0.6 is 27.5 Å². The standard InChI is InChI=1S/C18H25BrClN/c1-2-21-17(9-14-5-6-16(19)11-18(14)20)10-15-8-12-3-4-13(15)7-12/h5-6,11-13,15,17,21H,2-4,7-10H2,1H3. The molecule has 2 bridgehead atoms. The molecule has 0 aliphatic heterocycles. The van der Waals surface area contributed by atoms with Crippen LogP contribution < -0.4 is 5.32 Å². The van der Waals surface area contributed by atoms with E-state index in [-0.39, 0.29) is 0 Å². The molecule has 0 aromatic heterocycles. The molecular formula is C18H25BrClN. The fourth-order valence-corrected chi connectivity index (χ4v) is 5.26. The van der Waals surface area contributed by atoms with Crippen LogP contribution in [0.5, 0.6) is 0 Å². The van der Waals surface area contributed by atoms with Gasteiger partial charge >= 0.3 is 0 Å². The van der Waals surface area contributed by atoms with E-state index in [0.29, 0.717) is 6.04 Å². The Morgan fingerprint density at radius 1 is 1.33 bits per heavy atom. The van der Waals surface area contributed by atoms with Gasteiger partial charge in [0.15, 0.2) is 0 Å². The predicted molar refractivity (Wildman–Crippen MR) is 93.9 cm³/mol. The van der Waals surface area contributed by atoms with Crippen molar-refractivity contribution in [2.45, 2.75) is 51.5 Å². The van der Waals surface area contributed by atoms with Crippen LogP contribution in [0, 0.1) is 17.8 Å². The summed E-state index contributed by atoms with van der Waals surface area (Å²) in [5, 5.41) is 4.58. The number of halogens is 2. The van der Waals surface area contributed by atoms with Crippen molar-refractivity contribution >= 4 is 27.5 Å². The maximum absolute atomic E-state index is 6.40. The highest BCUT2D eigenvalue weighted by atomic mass is 79.9. The molecule has 1 aromatic rings. The molecule has 4 atom stereocenters. The minimum atomic E-state index is 0.568. The Labute approximate surface area is 142 Å². The molecule has 1 nitrogen and oxygen atoms in total. The third-order valence-electron chi connectivity index (χ3n) is 5.45. The largest absolute Gasteiger partial charge is 0.314 e. The minimum absolute atomic E-state index is 0.568. The molecule has 2 saturated carbocycles. The highest BCUT2D eigenvalue weighted by Crippen LogP contribution is 2.50. The zero-order valence-electron chi connectivity index (χ0n) is 12.7. The van der Waals surface area contributed by atoms with Gasteiger partial charge in [-0.05, 0) is 74.1 Å². The summed E-state index contributed by atoms with van der Waals surface area (Å²) in [7, 11) is 0. The summed E-state index contributed by atoms with van der Waals surface area (Å²) in [5.41, 5.74) is 1.27. The van der Waals surface area contributed by atoms with Gasteiger partial charge in [0.05, 0.1) is 0 Å². The van der Waals surface area contributed by atoms with Gasteiger partial charge in [-0.25, -0.2) is 0 Å². The molecule has 2 fully saturated rings. The highest BCUT2D eigenvalue weighted by Gasteiger charge is 2.40. The maximum atomic E-state index is 6.40. The van der Waals surface area contributed by atoms with Crippen LogP contribution in [0.4, 0.5) is 0 Å². The lowest BCUT2D eigenvalue weighted by molar-refractivity contribution is 0.278. The van der Waals surface area contributed by atoms with E-state index in [4.69, 9.17) is 11.6 Å². The summed E-state index contributed by atoms with van der Waals surface area (Å²) < 4.78 is 1.06. The molecule has 0 saturated heterocycles. The lowest BCUT2D eigenvalue weighted by Gasteiger charge is -2.27. The first-order valence-corrected chi connectivity index (χ1v) is 9.50. The Hall–Kier alpha value is -0.0500. The SMILES string of the molecule is CCNC(Cc1ccc(Br)cc1Cl)CC1CC2CCC1C2. The van der Waals surface area contributed by atoms with Crippen molar-refractivity contribution < 1.29 is 0 Å². The molecule has 0 amide bonds. The van der Waals surface area contributed by atoms with Crippen molar-refractivity contribution in [2.24, 2.45) is 17.8 Å². The van der Waals surface area contributed by atoms with Crippen molar-refractivity contribution in [3.63, 3.8) is 0 Å². The quantitative estimate of drug-likeness (QED) is 0.702. The summed E-state index contributed by atoms with van der Waals surface area (Å²) in [6.07, 6.45) is 8.32. The van der Waals surface area contributed by atoms with Gasteiger partial charge in [-0.1, -0.05) is 46.9 Å². The third kappa shape index (κ3) is 3.83. The van der Waals surface area contributed by atoms with Gasteiger partial charge in [-0.3, -0.25) is 0 Å². The molecule has 2 aliphatic rings. The van der Waals surface area contributed by atoms with Gasteiger partial charge in [0.2, 0.25) is 0 Å². The molecule has 2 aliphatic carbocycles. The van der Waals surface area contributed by atoms with E-state index in [2.05, 4.69) is 40.3 Å². The molecule has 0 spiro atoms. The van der Waals surface area contributed by atoms with Crippen molar-refractivity contribution in [3.8, 4) is 0 Å². The fraction of sp³-hybridized carbons (Fsp3) is 0.667. The van der Waals surface area contributed by atoms with Crippen LogP contribution in [0.25, 0.3) is 0 Å². The second-order valence-electron chi connectivity index (χ2n) is 6.87. The zero-order valence-corrected chi connectivity index (χ0v) is 15.1. The van der Waals surface area contributed by atoms with Gasteiger partial charge in [0, 0.05) is 15.5 Å². The summed E-state index contributed by atoms with van der Waals surface area (Å²) in [4.78, 5) is 0. The Morgan fingerprint density at radius 3 is 2.81 bits per heavy atom. The average Bonchev–Trinajstić information content (AvgIpc) is 3.04. The molecule has 21 heavy (non-hydrogen) atoms. The predicted octanol–water partition coefficient (Wildman–Crippen LogP) is 5.45. The molecule has 4 unspecified atom stereocenters. The van der Waals surface area contributed by atoms with Crippen LogP contribution in [0.3, 0.4) is 0 Å². The summed E-state index contributed by atoms with van der Waals surface area (Å²) >= 11 is 9.88. The summed E-state index contributed by atoms with van der Waals surface area (Å²) in [5.74, 6) is 3.00. The van der Waals surface area contributed by atoms with Crippen LogP contribution in [0.15, 0.2) is 22.7 Å². The number of hydrogen-bond acceptors (Lipinski definition) is 1. The van der Waals surface area contributed by atoms with Gasteiger partial charge in [0.1, 0.15) is 0 Å². The lowest BCUT2D eigenvalue weighted by atomic mass is 9.83. The van der Waals surface area contributed by atoms with Gasteiger partial charge in [-0.15, -0.1) is 0 Å². The van der Waals surface area contributed by atoms with Crippen LogP contribution in [0.1, 0.15) is 44.6 Å². The first-order chi connectivity index (χ1) is 10.2. The zero-order chi connectivity index (χ0) is 14.8. The molecule has 3 rings (SSSR count). The van der Waals surface area contributed by atoms with Crippen molar-refractivity contribution in [2.75, 3.05) is 6.54 Å². The lowest BCUT2D eigenvalue weighted by Crippen LogP contribution is -2.34. The maximum Gasteiger partial charge on any atom is 0.0449 e. The van der Waals surface area contributed by atoms with Crippen LogP contribution in [-0.4, -0.2) is 12.6 Å². The number of likely N-dealkylation sites (N-methyl/N-ethyl adjacent to an activating group) is 1. The third-order valence-corrected chi connectivity index (χ3v) is 6.29. The van der Waals surface area contributed by atoms with Gasteiger partial charge in [0.25, 0.3) is 0 Å². The second-order valence-corrected chi connectivity index (χ2v) is 8.19. The van der Waals surface area contributed by atoms with Gasteiger partial charge in [-0.2, -0.15) is 0 Å². The fourth-order valence-electron chi connectivity index (χ4n) is 4.51. The molecule has 0 heterocycles. The smallest absolute Gasteiger partial charge is 0.0449 e. The molecule has 116 valence electrons. The Balaban J connectivity index is 1.64. The summed E-state index contributed by atoms with van der Waals surface area (Å²) in [6, 6.07) is 6.84. The number of nitrogens with one attached hydrogen (secondary N) is 1. The Kier molecular flexibility index (Phi) is 5.29. The number of rotatable bonds is 6. The van der Waals surface area contributed by atoms with E-state index in [0.717, 1.165) is 40.2 Å². The highest BCUT2D eigenvalue weighted by molar-refractivity contribution is 9.10. The van der Waals surface area contributed by atoms with E-state index in [9.17, 15) is 0 Å². The Morgan fingerprint density at radius 2 is 2.19 bits per heavy atom. The van der Waals surface area contributed by atoms with Crippen molar-refractivity contribution in [3.05, 3.63) is 33.3 Å². The average molecular weight is 371 g/mol. The van der Waals surface area contributed by atoms with E-state index >= 15 is 0 Å². The molecule has 0 radical (unpaired) electrons. The topological polar surface area (TPSA) is 12.0 Å². The number of benzene rings is 1. The normalized spacial score (nSPS) is 29.0.